The molecular formula is C135H102O3. The van der Waals surface area contributed by atoms with Gasteiger partial charge in [0.05, 0.1) is 0 Å². The summed E-state index contributed by atoms with van der Waals surface area (Å²) < 4.78 is 19.1. The summed E-state index contributed by atoms with van der Waals surface area (Å²) in [7, 11) is 0. The normalized spacial score (nSPS) is 12.3. The zero-order chi connectivity index (χ0) is 93.5. The third-order valence-electron chi connectivity index (χ3n) is 29.6. The molecule has 3 nitrogen and oxygen atoms in total. The van der Waals surface area contributed by atoms with Crippen molar-refractivity contribution in [3.63, 3.8) is 0 Å². The van der Waals surface area contributed by atoms with Gasteiger partial charge < -0.3 is 13.3 Å². The van der Waals surface area contributed by atoms with Crippen molar-refractivity contribution in [1.82, 2.24) is 0 Å². The summed E-state index contributed by atoms with van der Waals surface area (Å²) in [5.74, 6) is 0. The Hall–Kier alpha value is -16.2. The van der Waals surface area contributed by atoms with Gasteiger partial charge in [-0.2, -0.15) is 0 Å². The van der Waals surface area contributed by atoms with Crippen molar-refractivity contribution in [2.45, 2.75) is 99.3 Å². The van der Waals surface area contributed by atoms with E-state index in [0.717, 1.165) is 99.2 Å². The molecule has 138 heavy (non-hydrogen) atoms. The smallest absolute Gasteiger partial charge is 0.143 e. The summed E-state index contributed by atoms with van der Waals surface area (Å²) in [6.07, 6.45) is 0. The van der Waals surface area contributed by atoms with E-state index in [4.69, 9.17) is 13.3 Å². The molecule has 27 rings (SSSR count). The molecule has 0 fully saturated rings. The molecule has 3 heterocycles. The summed E-state index contributed by atoms with van der Waals surface area (Å²) in [5, 5.41) is 30.7. The first-order valence-electron chi connectivity index (χ1n) is 48.5. The van der Waals surface area contributed by atoms with Crippen molar-refractivity contribution in [2.24, 2.45) is 0 Å². The number of hydrogen-bond acceptors (Lipinski definition) is 3. The van der Waals surface area contributed by atoms with E-state index < -0.39 is 0 Å². The van der Waals surface area contributed by atoms with E-state index in [9.17, 15) is 0 Å². The molecule has 0 bridgehead atoms. The van der Waals surface area contributed by atoms with E-state index in [1.807, 2.05) is 36.4 Å². The molecule has 3 heteroatoms. The van der Waals surface area contributed by atoms with Crippen molar-refractivity contribution < 1.29 is 13.3 Å². The van der Waals surface area contributed by atoms with Crippen LogP contribution in [0.15, 0.2) is 414 Å². The Morgan fingerprint density at radius 1 is 0.159 bits per heavy atom. The molecule has 0 saturated heterocycles. The minimum atomic E-state index is 0.0797. The Morgan fingerprint density at radius 2 is 0.413 bits per heavy atom. The quantitative estimate of drug-likeness (QED) is 0.135. The van der Waals surface area contributed by atoms with Crippen LogP contribution in [0.5, 0.6) is 0 Å². The molecular weight excluding hydrogens is 1670 g/mol. The van der Waals surface area contributed by atoms with E-state index >= 15 is 0 Å². The third-order valence-corrected chi connectivity index (χ3v) is 29.6. The number of para-hydroxylation sites is 6. The maximum Gasteiger partial charge on any atom is 0.143 e. The maximum atomic E-state index is 6.38. The Bertz CT molecular complexity index is 9500. The second-order valence-corrected chi connectivity index (χ2v) is 41.5. The zero-order valence-corrected chi connectivity index (χ0v) is 79.8. The van der Waals surface area contributed by atoms with Crippen LogP contribution in [0.2, 0.25) is 0 Å². The monoisotopic (exact) mass is 1770 g/mol. The highest BCUT2D eigenvalue weighted by Crippen LogP contribution is 2.52. The molecule has 0 aliphatic rings. The third kappa shape index (κ3) is 14.0. The lowest BCUT2D eigenvalue weighted by Gasteiger charge is -2.23. The van der Waals surface area contributed by atoms with E-state index in [-0.39, 0.29) is 16.2 Å². The van der Waals surface area contributed by atoms with Crippen LogP contribution < -0.4 is 0 Å². The molecule has 0 N–H and O–H groups in total. The maximum absolute atomic E-state index is 6.38. The number of hydrogen-bond donors (Lipinski definition) is 0. The molecule has 0 amide bonds. The summed E-state index contributed by atoms with van der Waals surface area (Å²) in [5.41, 5.74) is 35.6. The van der Waals surface area contributed by atoms with Gasteiger partial charge in [0.25, 0.3) is 0 Å². The van der Waals surface area contributed by atoms with Gasteiger partial charge in [0.2, 0.25) is 0 Å². The molecule has 27 aromatic rings. The van der Waals surface area contributed by atoms with Crippen molar-refractivity contribution in [2.75, 3.05) is 0 Å². The first-order chi connectivity index (χ1) is 67.0. The number of benzene rings is 24. The second-order valence-electron chi connectivity index (χ2n) is 41.5. The summed E-state index contributed by atoms with van der Waals surface area (Å²) in [4.78, 5) is 0. The molecule has 24 aromatic carbocycles. The minimum absolute atomic E-state index is 0.0797. The Labute approximate surface area is 803 Å². The van der Waals surface area contributed by atoms with Crippen LogP contribution in [0.1, 0.15) is 95.7 Å². The van der Waals surface area contributed by atoms with Gasteiger partial charge in [0, 0.05) is 49.0 Å². The van der Waals surface area contributed by atoms with Crippen LogP contribution in [-0.4, -0.2) is 0 Å². The van der Waals surface area contributed by atoms with Crippen LogP contribution >= 0.6 is 0 Å². The molecule has 0 saturated carbocycles. The molecule has 3 aromatic heterocycles. The molecule has 0 aliphatic heterocycles. The average molecular weight is 1770 g/mol. The van der Waals surface area contributed by atoms with Gasteiger partial charge in [-0.25, -0.2) is 0 Å². The van der Waals surface area contributed by atoms with Gasteiger partial charge in [0.15, 0.2) is 0 Å². The Balaban J connectivity index is 0.000000110. The Kier molecular flexibility index (Phi) is 19.4. The first kappa shape index (κ1) is 83.6. The number of furan rings is 3. The fraction of sp³-hybridized carbons (Fsp3) is 0.111. The molecule has 660 valence electrons. The van der Waals surface area contributed by atoms with Gasteiger partial charge in [0.1, 0.15) is 33.5 Å². The highest BCUT2D eigenvalue weighted by Gasteiger charge is 2.28. The fourth-order valence-corrected chi connectivity index (χ4v) is 22.3. The second kappa shape index (κ2) is 32.0. The van der Waals surface area contributed by atoms with Crippen molar-refractivity contribution in [3.8, 4) is 100 Å². The highest BCUT2D eigenvalue weighted by atomic mass is 16.3. The largest absolute Gasteiger partial charge is 0.455 e. The van der Waals surface area contributed by atoms with Crippen molar-refractivity contribution >= 4 is 163 Å². The summed E-state index contributed by atoms with van der Waals surface area (Å²) >= 11 is 0. The van der Waals surface area contributed by atoms with Crippen LogP contribution in [-0.2, 0) is 16.2 Å². The number of aryl methyl sites for hydroxylation is 3. The van der Waals surface area contributed by atoms with Crippen LogP contribution in [0.25, 0.3) is 263 Å². The van der Waals surface area contributed by atoms with E-state index in [0.29, 0.717) is 0 Å². The SMILES string of the molecule is Cc1ccc(-c2cc(-c3ccc(-c4cccc5c4oc4ccccc45)cc3)c3ccc4cc(C(C)(C)C)cc5ccc2c3c54)cc1.Cc1cccc(-c2cc(-c3ccc(-c4cccc5c4oc4ccccc45)cc3)c3ccc4cc(C(C)(C)C)cc5ccc2c3c45)c1.Cc1ccccc1-c1cc(-c2ccc(-c3cccc4c3oc3ccccc34)cc2)c2ccc3cc(C(C)(C)C)cc4ccc1c2c34. The predicted octanol–water partition coefficient (Wildman–Crippen LogP) is 39.3. The first-order valence-corrected chi connectivity index (χ1v) is 48.5. The lowest BCUT2D eigenvalue weighted by Crippen LogP contribution is -2.10. The van der Waals surface area contributed by atoms with Crippen LogP contribution in [0, 0.1) is 20.8 Å². The van der Waals surface area contributed by atoms with E-state index in [2.05, 4.69) is 447 Å². The summed E-state index contributed by atoms with van der Waals surface area (Å²) in [6.45, 7) is 27.2. The standard InChI is InChI=1S/3C45H34O/c1-27-9-7-10-30(23-27)40-26-39(36-21-19-31-24-33(45(2,3)4)25-32-20-22-37(40)43(36)42(31)32)29-17-15-28(16-18-29)34-12-8-13-38-35-11-5-6-14-41(35)46-44(34)38;1-27-10-5-6-11-33(27)40-26-39(36-22-20-30-24-32(45(2,3)4)25-31-21-23-37(40)43(36)42(30)31)29-18-16-28(17-19-29)34-13-9-14-38-35-12-7-8-15-41(35)46-44(34)38;1-27-12-14-29(15-13-27)39-26-40(37-23-21-32-25-33(45(2,3)4)24-31-20-22-36(39)43(37)42(31)32)30-18-16-28(17-19-30)34-9-7-10-38-35-8-5-6-11-41(35)46-44(34)38/h3*5-26H,1-4H3. The molecule has 0 spiro atoms. The van der Waals surface area contributed by atoms with E-state index in [1.54, 1.807) is 0 Å². The van der Waals surface area contributed by atoms with Gasteiger partial charge in [-0.1, -0.05) is 437 Å². The lowest BCUT2D eigenvalue weighted by molar-refractivity contribution is 0.591. The summed E-state index contributed by atoms with van der Waals surface area (Å²) in [6, 6.07) is 148. The van der Waals surface area contributed by atoms with Gasteiger partial charge in [-0.3, -0.25) is 0 Å². The average Bonchev–Trinajstić information content (AvgIpc) is 0.948. The van der Waals surface area contributed by atoms with Crippen LogP contribution in [0.4, 0.5) is 0 Å². The minimum Gasteiger partial charge on any atom is -0.455 e. The fourth-order valence-electron chi connectivity index (χ4n) is 22.3. The molecule has 0 aliphatic carbocycles. The lowest BCUT2D eigenvalue weighted by atomic mass is 9.81. The molecule has 0 radical (unpaired) electrons. The van der Waals surface area contributed by atoms with Gasteiger partial charge in [-0.15, -0.1) is 0 Å². The zero-order valence-electron chi connectivity index (χ0n) is 79.8. The van der Waals surface area contributed by atoms with Crippen molar-refractivity contribution in [3.05, 3.63) is 434 Å². The highest BCUT2D eigenvalue weighted by molar-refractivity contribution is 6.32. The Morgan fingerprint density at radius 3 is 0.725 bits per heavy atom. The number of fused-ring (bicyclic) bond motifs is 9. The number of rotatable bonds is 9. The predicted molar refractivity (Wildman–Crippen MR) is 592 cm³/mol. The van der Waals surface area contributed by atoms with E-state index in [1.165, 1.54) is 197 Å². The molecule has 0 unspecified atom stereocenters. The van der Waals surface area contributed by atoms with Gasteiger partial charge >= 0.3 is 0 Å². The topological polar surface area (TPSA) is 39.4 Å². The van der Waals surface area contributed by atoms with Crippen LogP contribution in [0.3, 0.4) is 0 Å². The van der Waals surface area contributed by atoms with Crippen molar-refractivity contribution in [1.29, 1.82) is 0 Å². The van der Waals surface area contributed by atoms with Gasteiger partial charge in [-0.05, 0) is 276 Å². The molecule has 0 atom stereocenters.